The molecule has 4 saturated carbocycles. The summed E-state index contributed by atoms with van der Waals surface area (Å²) in [4.78, 5) is 45.7. The Morgan fingerprint density at radius 3 is 1.51 bits per heavy atom. The maximum Gasteiger partial charge on any atom is 0.333 e. The van der Waals surface area contributed by atoms with E-state index in [9.17, 15) is 117 Å². The van der Waals surface area contributed by atoms with Crippen LogP contribution in [0.3, 0.4) is 0 Å². The molecule has 21 N–H and O–H groups in total. The number of rotatable bonds is 30. The molecule has 136 heavy (non-hydrogen) atoms. The van der Waals surface area contributed by atoms with Crippen molar-refractivity contribution in [3.63, 3.8) is 0 Å². The minimum atomic E-state index is -2.25. The van der Waals surface area contributed by atoms with Crippen molar-refractivity contribution in [1.29, 1.82) is 0 Å². The van der Waals surface area contributed by atoms with Crippen LogP contribution in [0.25, 0.3) is 0 Å². The smallest absolute Gasteiger partial charge is 0.333 e. The Bertz CT molecular complexity index is 4170. The molecular formula is C94H148O42. The van der Waals surface area contributed by atoms with Crippen LogP contribution in [0.2, 0.25) is 0 Å². The van der Waals surface area contributed by atoms with Crippen molar-refractivity contribution >= 4 is 17.9 Å². The largest absolute Gasteiger partial charge is 0.453 e. The van der Waals surface area contributed by atoms with E-state index in [1.165, 1.54) is 65.8 Å². The summed E-state index contributed by atoms with van der Waals surface area (Å²) in [5.41, 5.74) is -6.90. The van der Waals surface area contributed by atoms with Crippen molar-refractivity contribution in [1.82, 2.24) is 0 Å². The third-order valence-corrected chi connectivity index (χ3v) is 32.4. The van der Waals surface area contributed by atoms with Crippen molar-refractivity contribution in [3.8, 4) is 0 Å². The van der Waals surface area contributed by atoms with Crippen molar-refractivity contribution in [2.75, 3.05) is 39.6 Å². The molecule has 0 bridgehead atoms. The fourth-order valence-electron chi connectivity index (χ4n) is 23.3. The molecule has 13 aliphatic rings. The minimum absolute atomic E-state index is 0.000951. The molecule has 0 aromatic rings. The molecule has 47 atom stereocenters. The van der Waals surface area contributed by atoms with Gasteiger partial charge in [-0.25, -0.2) is 9.59 Å². The van der Waals surface area contributed by atoms with Gasteiger partial charge in [0.05, 0.1) is 75.3 Å². The van der Waals surface area contributed by atoms with Crippen molar-refractivity contribution < 1.29 is 207 Å². The minimum Gasteiger partial charge on any atom is -0.453 e. The molecule has 8 heterocycles. The molecule has 0 aromatic carbocycles. The zero-order valence-electron chi connectivity index (χ0n) is 79.4. The predicted molar refractivity (Wildman–Crippen MR) is 463 cm³/mol. The van der Waals surface area contributed by atoms with Crippen LogP contribution in [0.5, 0.6) is 0 Å². The zero-order valence-corrected chi connectivity index (χ0v) is 79.4. The Hall–Kier alpha value is -4.33. The van der Waals surface area contributed by atoms with Gasteiger partial charge in [0.2, 0.25) is 6.29 Å². The highest BCUT2D eigenvalue weighted by molar-refractivity contribution is 5.88. The van der Waals surface area contributed by atoms with Crippen molar-refractivity contribution in [2.24, 2.45) is 50.2 Å². The van der Waals surface area contributed by atoms with E-state index < -0.39 is 341 Å². The second-order valence-electron chi connectivity index (χ2n) is 42.6. The molecule has 47 unspecified atom stereocenters. The van der Waals surface area contributed by atoms with E-state index in [0.29, 0.717) is 44.9 Å². The van der Waals surface area contributed by atoms with Crippen LogP contribution in [0.15, 0.2) is 60.3 Å². The van der Waals surface area contributed by atoms with E-state index in [0.717, 1.165) is 5.57 Å². The van der Waals surface area contributed by atoms with Gasteiger partial charge in [-0.2, -0.15) is 0 Å². The van der Waals surface area contributed by atoms with Crippen LogP contribution in [0.4, 0.5) is 0 Å². The summed E-state index contributed by atoms with van der Waals surface area (Å²) in [6, 6.07) is 0. The molecule has 0 radical (unpaired) electrons. The number of esters is 3. The number of hydrogen-bond acceptors (Lipinski definition) is 42. The molecule has 5 aliphatic carbocycles. The molecule has 42 nitrogen and oxygen atoms in total. The number of allylic oxidation sites excluding steroid dienone is 4. The Kier molecular flexibility index (Phi) is 34.2. The summed E-state index contributed by atoms with van der Waals surface area (Å²) >= 11 is 0. The maximum atomic E-state index is 16.8. The average molecular weight is 1950 g/mol. The quantitative estimate of drug-likeness (QED) is 0.0114. The number of carbonyl (C=O) groups excluding carboxylic acids is 3. The van der Waals surface area contributed by atoms with Gasteiger partial charge in [-0.05, 0) is 170 Å². The van der Waals surface area contributed by atoms with Gasteiger partial charge in [0.15, 0.2) is 62.3 Å². The molecule has 42 heteroatoms. The van der Waals surface area contributed by atoms with E-state index in [2.05, 4.69) is 67.7 Å². The van der Waals surface area contributed by atoms with Gasteiger partial charge in [0, 0.05) is 11.1 Å². The Morgan fingerprint density at radius 1 is 0.441 bits per heavy atom. The normalized spacial score (nSPS) is 48.5. The topological polar surface area (TPSA) is 642 Å². The van der Waals surface area contributed by atoms with Crippen LogP contribution < -0.4 is 0 Å². The van der Waals surface area contributed by atoms with Crippen LogP contribution in [0.1, 0.15) is 173 Å². The molecule has 13 rings (SSSR count). The monoisotopic (exact) mass is 1950 g/mol. The van der Waals surface area contributed by atoms with Crippen molar-refractivity contribution in [2.45, 2.75) is 418 Å². The Balaban J connectivity index is 0.793. The number of carbonyl (C=O) groups is 3. The van der Waals surface area contributed by atoms with Crippen LogP contribution in [-0.2, 0) is 99.6 Å². The molecule has 8 saturated heterocycles. The first-order valence-corrected chi connectivity index (χ1v) is 47.5. The standard InChI is InChI=1S/C94H148O42/c1-16-89(11,117)26-18-20-40(3)76(114)130-72-61(105)51(39-124-84-74(63(107)56(100)42(5)125-84)131-77(115)41(4)21-19-27-90(12,118)17-2)128-85(75(72)135-81-68(112)64(108)70(43(6)126-81)132-80-69(113)71(49(98)37-121-80)133-78-65(109)57(101)46(95)34-119-78)136-86(116)94-31-30-87(7,8)32-45(94)44-22-23-53-91(13)28-25-55(88(9,10)52(91)24-29-92(53,14)93(44,15)33-54(94)99)129-82-67(111)62(106)60(104)50(127-82)38-123-83-73(59(103)48(97)36-122-83)134-79-66(110)58(102)47(96)35-120-79/h16-17,20-22,42-43,45-75,78-85,95-113,117-118H,1-2,18-19,23-39H2,3-15H3. The molecule has 776 valence electrons. The molecule has 0 spiro atoms. The number of fused-ring (bicyclic) bond motifs is 7. The maximum absolute atomic E-state index is 16.8. The lowest BCUT2D eigenvalue weighted by molar-refractivity contribution is -0.381. The van der Waals surface area contributed by atoms with E-state index in [4.69, 9.17) is 85.3 Å². The zero-order chi connectivity index (χ0) is 99.8. The van der Waals surface area contributed by atoms with Gasteiger partial charge >= 0.3 is 17.9 Å². The second kappa shape index (κ2) is 42.8. The number of hydrogen-bond donors (Lipinski definition) is 21. The summed E-state index contributed by atoms with van der Waals surface area (Å²) < 4.78 is 110. The fraction of sp³-hybridized carbons (Fsp3) is 0.862. The molecule has 0 amide bonds. The third-order valence-electron chi connectivity index (χ3n) is 32.4. The third kappa shape index (κ3) is 21.7. The van der Waals surface area contributed by atoms with Gasteiger partial charge in [-0.3, -0.25) is 4.79 Å². The highest BCUT2D eigenvalue weighted by Crippen LogP contribution is 2.76. The lowest BCUT2D eigenvalue weighted by Gasteiger charge is -2.71. The van der Waals surface area contributed by atoms with Crippen LogP contribution in [0, 0.1) is 50.2 Å². The summed E-state index contributed by atoms with van der Waals surface area (Å²) in [5.74, 6) is -4.17. The second-order valence-corrected chi connectivity index (χ2v) is 42.6. The highest BCUT2D eigenvalue weighted by atomic mass is 16.8. The number of aliphatic hydroxyl groups is 21. The summed E-state index contributed by atoms with van der Waals surface area (Å²) in [7, 11) is 0. The summed E-state index contributed by atoms with van der Waals surface area (Å²) in [5, 5.41) is 237. The first kappa shape index (κ1) is 109. The molecule has 0 aromatic heterocycles. The lowest BCUT2D eigenvalue weighted by Crippen LogP contribution is -2.69. The van der Waals surface area contributed by atoms with Gasteiger partial charge < -0.3 is 193 Å². The summed E-state index contributed by atoms with van der Waals surface area (Å²) in [6.45, 7) is 27.4. The number of ether oxygens (including phenoxy) is 18. The number of aliphatic hydroxyl groups excluding tert-OH is 19. The summed E-state index contributed by atoms with van der Waals surface area (Å²) in [6.07, 6.45) is -54.4. The molecule has 8 aliphatic heterocycles. The fourth-order valence-corrected chi connectivity index (χ4v) is 23.3. The van der Waals surface area contributed by atoms with E-state index in [-0.39, 0.29) is 61.5 Å². The van der Waals surface area contributed by atoms with Gasteiger partial charge in [0.1, 0.15) is 146 Å². The van der Waals surface area contributed by atoms with Crippen molar-refractivity contribution in [3.05, 3.63) is 60.3 Å². The molecule has 12 fully saturated rings. The van der Waals surface area contributed by atoms with E-state index >= 15 is 4.79 Å². The average Bonchev–Trinajstić information content (AvgIpc) is 0.668. The van der Waals surface area contributed by atoms with Crippen LogP contribution >= 0.6 is 0 Å². The first-order chi connectivity index (χ1) is 63.6. The Labute approximate surface area is 789 Å². The van der Waals surface area contributed by atoms with Crippen LogP contribution in [-0.4, -0.2) is 409 Å². The lowest BCUT2D eigenvalue weighted by atomic mass is 9.33. The van der Waals surface area contributed by atoms with Gasteiger partial charge in [0.25, 0.3) is 0 Å². The van der Waals surface area contributed by atoms with E-state index in [1.54, 1.807) is 0 Å². The van der Waals surface area contributed by atoms with E-state index in [1.807, 2.05) is 0 Å². The highest BCUT2D eigenvalue weighted by Gasteiger charge is 2.73. The Morgan fingerprint density at radius 2 is 0.919 bits per heavy atom. The first-order valence-electron chi connectivity index (χ1n) is 47.5. The van der Waals surface area contributed by atoms with Gasteiger partial charge in [-0.1, -0.05) is 84.4 Å². The SMILES string of the molecule is C=CC(C)(O)CCC=C(C)C(=O)OC1C(OCC2OC(OC(=O)C34CCC(C)(C)CC3C3=CCC5C6(C)CCC(OC7OC(COC8OCC(O)C(O)C8OC8OCC(O)C(O)C8O)C(O)C(O)C7O)C(C)(C)C6CCC5(C)C3(C)CC4O)C(OC3OC(C)C(OC4OCC(O)C(OC5OCC(O)C(O)C5O)C4O)C(O)C3O)C(OC(=O)C(C)=CCCC(C)(O)C=C)C2O)OC(C)C(O)C1O. The molecular weight excluding hydrogens is 1800 g/mol. The van der Waals surface area contributed by atoms with Gasteiger partial charge in [-0.15, -0.1) is 13.2 Å². The predicted octanol–water partition coefficient (Wildman–Crippen LogP) is -2.73.